The zero-order valence-electron chi connectivity index (χ0n) is 25.1. The normalized spacial score (nSPS) is 23.1. The van der Waals surface area contributed by atoms with Gasteiger partial charge >= 0.3 is 6.09 Å². The fourth-order valence-electron chi connectivity index (χ4n) is 5.50. The van der Waals surface area contributed by atoms with Gasteiger partial charge in [-0.05, 0) is 56.3 Å². The van der Waals surface area contributed by atoms with Crippen molar-refractivity contribution < 1.29 is 28.7 Å². The highest BCUT2D eigenvalue weighted by atomic mass is 16.6. The summed E-state index contributed by atoms with van der Waals surface area (Å²) in [5.74, 6) is -2.32. The molecule has 4 unspecified atom stereocenters. The molecule has 220 valence electrons. The molecule has 0 aromatic rings. The van der Waals surface area contributed by atoms with Crippen molar-refractivity contribution in [2.75, 3.05) is 13.1 Å². The number of amides is 4. The van der Waals surface area contributed by atoms with E-state index in [0.717, 1.165) is 0 Å². The molecule has 0 aromatic carbocycles. The quantitative estimate of drug-likeness (QED) is 0.269. The van der Waals surface area contributed by atoms with E-state index in [9.17, 15) is 24.0 Å². The summed E-state index contributed by atoms with van der Waals surface area (Å²) in [5, 5.41) is 7.97. The zero-order valence-corrected chi connectivity index (χ0v) is 25.1. The monoisotopic (exact) mass is 548 g/mol. The Morgan fingerprint density at radius 3 is 2.18 bits per heavy atom. The summed E-state index contributed by atoms with van der Waals surface area (Å²) in [7, 11) is 0. The van der Waals surface area contributed by atoms with Crippen molar-refractivity contribution in [3.63, 3.8) is 0 Å². The Labute approximate surface area is 233 Å². The average molecular weight is 549 g/mol. The van der Waals surface area contributed by atoms with Gasteiger partial charge in [-0.1, -0.05) is 54.0 Å². The van der Waals surface area contributed by atoms with Crippen LogP contribution in [0.1, 0.15) is 81.6 Å². The van der Waals surface area contributed by atoms with Gasteiger partial charge < -0.3 is 25.6 Å². The highest BCUT2D eigenvalue weighted by Crippen LogP contribution is 2.65. The molecule has 1 saturated carbocycles. The molecule has 4 amide bonds. The average Bonchev–Trinajstić information content (AvgIpc) is 3.13. The number of likely N-dealkylation sites (tertiary alicyclic amines) is 1. The second-order valence-electron chi connectivity index (χ2n) is 13.6. The largest absolute Gasteiger partial charge is 0.444 e. The first-order valence-corrected chi connectivity index (χ1v) is 13.9. The SMILES string of the molecule is C=CCNC(=O)C(=O)[C@@H](CCC)NC(=O)C1C2C(CN1C(=O)C(CC(C)(C)C)NC(=O)OC(C)(C)C)C2(C)C. The van der Waals surface area contributed by atoms with Crippen molar-refractivity contribution in [1.29, 1.82) is 0 Å². The molecule has 1 heterocycles. The Morgan fingerprint density at radius 1 is 1.05 bits per heavy atom. The molecule has 1 aliphatic carbocycles. The van der Waals surface area contributed by atoms with Crippen LogP contribution >= 0.6 is 0 Å². The Hall–Kier alpha value is -2.91. The molecule has 2 rings (SSSR count). The van der Waals surface area contributed by atoms with E-state index < -0.39 is 47.4 Å². The van der Waals surface area contributed by atoms with Crippen LogP contribution in [0.15, 0.2) is 12.7 Å². The summed E-state index contributed by atoms with van der Waals surface area (Å²) in [5.41, 5.74) is -1.19. The topological polar surface area (TPSA) is 134 Å². The number of rotatable bonds is 11. The number of ether oxygens (including phenoxy) is 1. The predicted molar refractivity (Wildman–Crippen MR) is 149 cm³/mol. The molecule has 2 aliphatic rings. The standard InChI is InChI=1S/C29H48N4O6/c1-11-13-18(22(34)24(36)30-14-12-2)31-23(35)21-20-17(29(20,9)10)16-33(21)25(37)19(15-27(3,4)5)32-26(38)39-28(6,7)8/h12,17-21H,2,11,13-16H2,1,3-10H3,(H,30,36)(H,31,35)(H,32,38)/t17?,18-,19?,20?,21?/m1/s1. The second-order valence-corrected chi connectivity index (χ2v) is 13.6. The highest BCUT2D eigenvalue weighted by molar-refractivity contribution is 6.38. The molecule has 1 aliphatic heterocycles. The number of alkyl carbamates (subject to hydrolysis) is 1. The van der Waals surface area contributed by atoms with Crippen LogP contribution < -0.4 is 16.0 Å². The molecule has 0 bridgehead atoms. The number of carbonyl (C=O) groups excluding carboxylic acids is 5. The number of piperidine rings is 1. The first kappa shape index (κ1) is 32.3. The number of nitrogens with zero attached hydrogens (tertiary/aromatic N) is 1. The van der Waals surface area contributed by atoms with E-state index in [4.69, 9.17) is 4.74 Å². The minimum Gasteiger partial charge on any atom is -0.444 e. The lowest BCUT2D eigenvalue weighted by molar-refractivity contribution is -0.144. The molecule has 0 spiro atoms. The summed E-state index contributed by atoms with van der Waals surface area (Å²) >= 11 is 0. The van der Waals surface area contributed by atoms with Crippen LogP contribution in [0.25, 0.3) is 0 Å². The van der Waals surface area contributed by atoms with Gasteiger partial charge in [-0.2, -0.15) is 0 Å². The third-order valence-corrected chi connectivity index (χ3v) is 7.41. The minimum absolute atomic E-state index is 0.0924. The van der Waals surface area contributed by atoms with E-state index >= 15 is 0 Å². The van der Waals surface area contributed by atoms with Gasteiger partial charge in [0, 0.05) is 13.1 Å². The number of hydrogen-bond acceptors (Lipinski definition) is 6. The number of carbonyl (C=O) groups is 5. The Morgan fingerprint density at radius 2 is 1.67 bits per heavy atom. The van der Waals surface area contributed by atoms with Gasteiger partial charge in [0.25, 0.3) is 5.91 Å². The van der Waals surface area contributed by atoms with E-state index in [1.807, 2.05) is 27.7 Å². The minimum atomic E-state index is -1.00. The number of Topliss-reactive ketones (excluding diaryl/α,β-unsaturated/α-hetero) is 1. The van der Waals surface area contributed by atoms with Crippen molar-refractivity contribution in [3.8, 4) is 0 Å². The van der Waals surface area contributed by atoms with Gasteiger partial charge in [0.15, 0.2) is 0 Å². The van der Waals surface area contributed by atoms with Crippen LogP contribution in [-0.2, 0) is 23.9 Å². The lowest BCUT2D eigenvalue weighted by atomic mass is 9.87. The summed E-state index contributed by atoms with van der Waals surface area (Å²) in [6.07, 6.45) is 1.97. The van der Waals surface area contributed by atoms with Crippen LogP contribution in [0, 0.1) is 22.7 Å². The van der Waals surface area contributed by atoms with E-state index in [0.29, 0.717) is 19.4 Å². The van der Waals surface area contributed by atoms with Crippen molar-refractivity contribution >= 4 is 29.6 Å². The summed E-state index contributed by atoms with van der Waals surface area (Å²) < 4.78 is 5.41. The fourth-order valence-corrected chi connectivity index (χ4v) is 5.50. The van der Waals surface area contributed by atoms with Gasteiger partial charge in [0.2, 0.25) is 17.6 Å². The first-order valence-electron chi connectivity index (χ1n) is 13.9. The number of ketones is 1. The molecule has 1 saturated heterocycles. The summed E-state index contributed by atoms with van der Waals surface area (Å²) in [6, 6.07) is -2.72. The maximum Gasteiger partial charge on any atom is 0.408 e. The smallest absolute Gasteiger partial charge is 0.408 e. The molecule has 39 heavy (non-hydrogen) atoms. The summed E-state index contributed by atoms with van der Waals surface area (Å²) in [6.45, 7) is 21.2. The van der Waals surface area contributed by atoms with Crippen molar-refractivity contribution in [2.24, 2.45) is 22.7 Å². The van der Waals surface area contributed by atoms with Crippen LogP contribution in [0.3, 0.4) is 0 Å². The lowest BCUT2D eigenvalue weighted by Crippen LogP contribution is -2.58. The fraction of sp³-hybridized carbons (Fsp3) is 0.759. The number of nitrogens with one attached hydrogen (secondary N) is 3. The predicted octanol–water partition coefficient (Wildman–Crippen LogP) is 2.96. The van der Waals surface area contributed by atoms with E-state index in [2.05, 4.69) is 36.4 Å². The molecule has 10 heteroatoms. The molecule has 2 fully saturated rings. The van der Waals surface area contributed by atoms with Gasteiger partial charge in [0.05, 0.1) is 6.04 Å². The first-order chi connectivity index (χ1) is 17.8. The van der Waals surface area contributed by atoms with Crippen molar-refractivity contribution in [2.45, 2.75) is 105 Å². The van der Waals surface area contributed by atoms with E-state index in [1.54, 1.807) is 20.8 Å². The van der Waals surface area contributed by atoms with Gasteiger partial charge in [-0.3, -0.25) is 19.2 Å². The summed E-state index contributed by atoms with van der Waals surface area (Å²) in [4.78, 5) is 66.9. The molecule has 0 radical (unpaired) electrons. The molecule has 10 nitrogen and oxygen atoms in total. The number of fused-ring (bicyclic) bond motifs is 1. The van der Waals surface area contributed by atoms with Gasteiger partial charge in [-0.15, -0.1) is 6.58 Å². The molecule has 3 N–H and O–H groups in total. The third-order valence-electron chi connectivity index (χ3n) is 7.41. The molecule has 5 atom stereocenters. The van der Waals surface area contributed by atoms with Crippen LogP contribution in [0.2, 0.25) is 0 Å². The van der Waals surface area contributed by atoms with E-state index in [-0.39, 0.29) is 41.5 Å². The lowest BCUT2D eigenvalue weighted by Gasteiger charge is -2.35. The zero-order chi connectivity index (χ0) is 29.9. The van der Waals surface area contributed by atoms with Crippen LogP contribution in [-0.4, -0.2) is 71.3 Å². The van der Waals surface area contributed by atoms with E-state index in [1.165, 1.54) is 11.0 Å². The molecule has 0 aromatic heterocycles. The van der Waals surface area contributed by atoms with Crippen molar-refractivity contribution in [3.05, 3.63) is 12.7 Å². The van der Waals surface area contributed by atoms with Gasteiger partial charge in [-0.25, -0.2) is 4.79 Å². The Kier molecular flexibility index (Phi) is 10.0. The van der Waals surface area contributed by atoms with Crippen LogP contribution in [0.5, 0.6) is 0 Å². The molecular formula is C29H48N4O6. The van der Waals surface area contributed by atoms with Gasteiger partial charge in [0.1, 0.15) is 17.7 Å². The number of hydrogen-bond donors (Lipinski definition) is 3. The molecular weight excluding hydrogens is 500 g/mol. The highest BCUT2D eigenvalue weighted by Gasteiger charge is 2.69. The Bertz CT molecular complexity index is 977. The third kappa shape index (κ3) is 8.29. The Balaban J connectivity index is 2.30. The second kappa shape index (κ2) is 12.1. The van der Waals surface area contributed by atoms with Crippen molar-refractivity contribution in [1.82, 2.24) is 20.9 Å². The maximum atomic E-state index is 13.9. The maximum absolute atomic E-state index is 13.9. The van der Waals surface area contributed by atoms with Crippen LogP contribution in [0.4, 0.5) is 4.79 Å².